The summed E-state index contributed by atoms with van der Waals surface area (Å²) in [7, 11) is 0. The molecule has 13 N–H and O–H groups in total. The first-order chi connectivity index (χ1) is 52.8. The Morgan fingerprint density at radius 1 is 0.264 bits per heavy atom. The van der Waals surface area contributed by atoms with Gasteiger partial charge in [0, 0.05) is 109 Å². The average Bonchev–Trinajstić information content (AvgIpc) is 0.883. The van der Waals surface area contributed by atoms with Crippen LogP contribution < -0.4 is 0 Å². The first-order valence-corrected chi connectivity index (χ1v) is 46.5. The van der Waals surface area contributed by atoms with Gasteiger partial charge in [-0.15, -0.1) is 10.5 Å². The second-order valence-electron chi connectivity index (χ2n) is 46.8. The van der Waals surface area contributed by atoms with Crippen molar-refractivity contribution in [1.29, 1.82) is 0 Å². The Bertz CT molecular complexity index is 2080. The topological polar surface area (TPSA) is 363 Å². The summed E-state index contributed by atoms with van der Waals surface area (Å²) in [6.07, 6.45) is 2.30. The third kappa shape index (κ3) is 156. The quantitative estimate of drug-likeness (QED) is 0.0776. The van der Waals surface area contributed by atoms with Gasteiger partial charge in [0.05, 0.1) is 0 Å². The molecule has 0 aliphatic carbocycles. The van der Waals surface area contributed by atoms with E-state index in [1.165, 1.54) is 0 Å². The summed E-state index contributed by atoms with van der Waals surface area (Å²) >= 11 is 39.0. The Labute approximate surface area is 950 Å². The molecule has 13 atom stereocenters. The fraction of sp³-hybridized carbons (Fsp3) is 0.887. The van der Waals surface area contributed by atoms with Crippen molar-refractivity contribution in [3.05, 3.63) is 100 Å². The summed E-state index contributed by atoms with van der Waals surface area (Å²) in [6.45, 7) is 120. The standard InChI is InChI=1S/7C7H15N.4C7H14O2S.2C6H14NS.2C4H10S.7Pt/c4*1-6(5-8)7(2,3)4;3*1-5-6(8)7(2,3)4;2*1-7(2,3)5(4-10)6(8)9;2*1-7(2,3)5(10)4-6(8)9;2*1-6(2,3)5(8)4-7;2*1-4(2,3)5;;;;;;;/h7*6,8H,1,5H2,2-4H3;4*5,10H,4H2,1-3H3,(H,8,9);2*5,7-8H,4H2,1-3H3;2*5H,1-3H3;;;;;;;/q7*-2;;;;;2*-1;;;;;;;3*+4/p-8. The van der Waals surface area contributed by atoms with Gasteiger partial charge in [-0.2, -0.15) is 132 Å². The minimum Gasteiger partial charge on any atom is -0.792 e. The minimum absolute atomic E-state index is 0. The third-order valence-corrected chi connectivity index (χ3v) is 22.0. The molecule has 0 bridgehead atoms. The van der Waals surface area contributed by atoms with Gasteiger partial charge in [0.2, 0.25) is 0 Å². The molecule has 17 nitrogen and oxygen atoms in total. The van der Waals surface area contributed by atoms with Gasteiger partial charge < -0.3 is 222 Å². The summed E-state index contributed by atoms with van der Waals surface area (Å²) in [5, 5.41) is 33.9. The molecule has 0 rings (SSSR count). The van der Waals surface area contributed by atoms with Crippen LogP contribution in [0, 0.1) is 154 Å². The Kier molecular flexibility index (Phi) is 135. The maximum absolute atomic E-state index is 10.5. The van der Waals surface area contributed by atoms with E-state index in [1.54, 1.807) is 0 Å². The second-order valence-corrected chi connectivity index (χ2v) is 52.2. The summed E-state index contributed by atoms with van der Waals surface area (Å²) in [5.74, 6) is -2.35. The van der Waals surface area contributed by atoms with Gasteiger partial charge in [-0.25, -0.2) is 0 Å². The summed E-state index contributed by atoms with van der Waals surface area (Å²) in [5.41, 5.74) is 65.0. The maximum Gasteiger partial charge on any atom is 4.00 e. The molecule has 812 valence electrons. The average molecular weight is 3240 g/mol. The molecule has 13 unspecified atom stereocenters. The van der Waals surface area contributed by atoms with E-state index in [0.29, 0.717) is 70.0 Å². The van der Waals surface area contributed by atoms with Crippen LogP contribution >= 0.6 is 0 Å². The molecule has 0 radical (unpaired) electrons. The van der Waals surface area contributed by atoms with E-state index in [9.17, 15) is 19.2 Å². The summed E-state index contributed by atoms with van der Waals surface area (Å²) in [4.78, 5) is 41.4. The molecule has 0 aromatic carbocycles. The molecule has 0 saturated carbocycles. The Hall–Kier alpha value is 5.14. The van der Waals surface area contributed by atoms with E-state index in [2.05, 4.69) is 235 Å². The molecule has 129 heavy (non-hydrogen) atoms. The van der Waals surface area contributed by atoms with Crippen LogP contribution in [0.4, 0.5) is 0 Å². The van der Waals surface area contributed by atoms with Crippen molar-refractivity contribution in [2.24, 2.45) is 106 Å². The third-order valence-electron chi connectivity index (χ3n) is 17.9. The Morgan fingerprint density at radius 2 is 0.388 bits per heavy atom. The molecule has 0 heterocycles. The van der Waals surface area contributed by atoms with E-state index < -0.39 is 35.7 Å². The zero-order chi connectivity index (χ0) is 104. The van der Waals surface area contributed by atoms with Crippen LogP contribution in [-0.4, -0.2) is 144 Å². The first kappa shape index (κ1) is 189. The zero-order valence-corrected chi connectivity index (χ0v) is 112. The molecule has 0 aliphatic heterocycles. The molecule has 0 spiro atoms. The van der Waals surface area contributed by atoms with E-state index in [-0.39, 0.29) is 303 Å². The molecular weight excluding hydrogens is 3040 g/mol. The van der Waals surface area contributed by atoms with Crippen molar-refractivity contribution in [2.75, 3.05) is 50.8 Å². The monoisotopic (exact) mass is 3240 g/mol. The van der Waals surface area contributed by atoms with Crippen molar-refractivity contribution in [3.63, 3.8) is 0 Å². The van der Waals surface area contributed by atoms with Crippen LogP contribution in [0.15, 0.2) is 0 Å². The number of carboxylic acid groups (broad SMARTS) is 4. The number of hydrogen-bond donors (Lipinski definition) is 4. The van der Waals surface area contributed by atoms with Crippen LogP contribution in [0.5, 0.6) is 0 Å². The van der Waals surface area contributed by atoms with E-state index >= 15 is 0 Å². The molecular formula is C97H201N9O8Pt7S8-12. The van der Waals surface area contributed by atoms with E-state index in [4.69, 9.17) is 173 Å². The zero-order valence-electron chi connectivity index (χ0n) is 89.5. The fourth-order valence-corrected chi connectivity index (χ4v) is 7.02. The number of aliphatic carboxylic acids is 4. The van der Waals surface area contributed by atoms with Crippen LogP contribution in [0.3, 0.4) is 0 Å². The van der Waals surface area contributed by atoms with Gasteiger partial charge in [-0.05, 0) is 10.8 Å². The summed E-state index contributed by atoms with van der Waals surface area (Å²) in [6, 6.07) is -0.0347. The van der Waals surface area contributed by atoms with Gasteiger partial charge >= 0.3 is 87.1 Å². The number of rotatable bonds is 17. The van der Waals surface area contributed by atoms with Gasteiger partial charge in [0.15, 0.2) is 0 Å². The molecule has 0 amide bonds. The van der Waals surface area contributed by atoms with Gasteiger partial charge in [-0.1, -0.05) is 371 Å². The predicted molar refractivity (Wildman–Crippen MR) is 568 cm³/mol. The number of carboxylic acids is 4. The maximum atomic E-state index is 10.5. The normalized spacial score (nSPS) is 14.5. The van der Waals surface area contributed by atoms with Crippen LogP contribution in [-0.2, 0) is 268 Å². The Balaban J connectivity index is -0.0000000475. The van der Waals surface area contributed by atoms with Crippen molar-refractivity contribution < 1.29 is 187 Å². The second kappa shape index (κ2) is 91.8. The summed E-state index contributed by atoms with van der Waals surface area (Å²) < 4.78 is 0.167. The SMILES string of the molecule is CC(C)(C)C(C[S-])C(=O)O.CC(C)(C)C(C[S-])C(=O)O.CC(C)(C)C([S-])CC(=O)O.CC(C)(C)C([S-])CC(=O)O.CC(C)(C)C([S-])C[NH-].CC(C)(C)C([S-])C[NH-].CC(C)(C)[S-].CC(C)(C)[S-].[CH2-]C(C[NH-])C(C)(C)C.[CH2-]C(C[NH-])C(C)(C)C.[CH2-]C(C[NH-])C(C)(C)C.[CH2-]C(C[NH-])C(C)(C)C.[CH2-]CC([NH-])C(C)(C)C.[CH2-]CC([NH-])C(C)(C)C.[CH2-]CC([NH-])C(C)(C)C.[Pt+4].[Pt+4].[Pt+4].[Pt].[Pt].[Pt].[Pt]. The molecule has 0 fully saturated rings. The fourth-order valence-electron chi connectivity index (χ4n) is 5.45. The van der Waals surface area contributed by atoms with Gasteiger partial charge in [0.1, 0.15) is 0 Å². The molecule has 32 heteroatoms. The molecule has 0 aromatic rings. The van der Waals surface area contributed by atoms with Gasteiger partial charge in [-0.3, -0.25) is 19.2 Å². The number of hydrogen-bond acceptors (Lipinski definition) is 12. The molecule has 0 saturated heterocycles. The van der Waals surface area contributed by atoms with Crippen molar-refractivity contribution in [2.45, 2.75) is 392 Å². The van der Waals surface area contributed by atoms with Crippen molar-refractivity contribution in [3.8, 4) is 0 Å². The van der Waals surface area contributed by atoms with E-state index in [1.807, 2.05) is 125 Å². The molecule has 0 aromatic heterocycles. The first-order valence-electron chi connectivity index (χ1n) is 42.6. The van der Waals surface area contributed by atoms with Crippen molar-refractivity contribution in [1.82, 2.24) is 0 Å². The molecule has 0 aliphatic rings. The van der Waals surface area contributed by atoms with Crippen molar-refractivity contribution >= 4 is 125 Å². The van der Waals surface area contributed by atoms with Gasteiger partial charge in [0.25, 0.3) is 0 Å². The smallest absolute Gasteiger partial charge is 0.792 e. The van der Waals surface area contributed by atoms with E-state index in [0.717, 1.165) is 0 Å². The Morgan fingerprint density at radius 3 is 0.395 bits per heavy atom. The minimum atomic E-state index is -0.810. The number of nitrogens with one attached hydrogen (secondary N) is 9. The van der Waals surface area contributed by atoms with Crippen LogP contribution in [0.25, 0.3) is 51.6 Å². The van der Waals surface area contributed by atoms with Crippen LogP contribution in [0.1, 0.15) is 344 Å². The van der Waals surface area contributed by atoms with Crippen LogP contribution in [0.2, 0.25) is 0 Å². The number of carbonyl (C=O) groups is 4. The predicted octanol–water partition coefficient (Wildman–Crippen LogP) is 30.2. The largest absolute Gasteiger partial charge is 4.00 e.